The maximum absolute atomic E-state index is 12.0. The minimum atomic E-state index is 0.171. The molecule has 0 spiro atoms. The zero-order valence-corrected chi connectivity index (χ0v) is 12.8. The van der Waals surface area contributed by atoms with E-state index in [-0.39, 0.29) is 11.8 Å². The van der Waals surface area contributed by atoms with Crippen molar-refractivity contribution in [1.29, 1.82) is 0 Å². The number of likely N-dealkylation sites (tertiary alicyclic amines) is 1. The molecule has 1 fully saturated rings. The number of amides is 1. The number of halogens is 1. The largest absolute Gasteiger partial charge is 0.356 e. The van der Waals surface area contributed by atoms with E-state index < -0.39 is 0 Å². The number of benzene rings is 1. The number of aryl methyl sites for hydroxylation is 1. The van der Waals surface area contributed by atoms with E-state index >= 15 is 0 Å². The zero-order valence-electron chi connectivity index (χ0n) is 12.1. The Morgan fingerprint density at radius 3 is 2.85 bits per heavy atom. The van der Waals surface area contributed by atoms with E-state index in [9.17, 15) is 4.79 Å². The van der Waals surface area contributed by atoms with Crippen LogP contribution in [-0.4, -0.2) is 37.5 Å². The first-order chi connectivity index (χ1) is 9.65. The van der Waals surface area contributed by atoms with Gasteiger partial charge in [-0.25, -0.2) is 0 Å². The molecule has 3 nitrogen and oxygen atoms in total. The highest BCUT2D eigenvalue weighted by molar-refractivity contribution is 6.30. The second kappa shape index (κ2) is 7.65. The predicted molar refractivity (Wildman–Crippen MR) is 83.0 cm³/mol. The number of nitrogens with zero attached hydrogens (tertiary/aromatic N) is 1. The van der Waals surface area contributed by atoms with Crippen LogP contribution in [0, 0.1) is 5.92 Å². The maximum atomic E-state index is 12.0. The molecule has 1 aliphatic rings. The zero-order chi connectivity index (χ0) is 14.4. The van der Waals surface area contributed by atoms with Gasteiger partial charge in [-0.2, -0.15) is 0 Å². The van der Waals surface area contributed by atoms with Gasteiger partial charge in [-0.05, 0) is 57.0 Å². The average molecular weight is 295 g/mol. The van der Waals surface area contributed by atoms with Crippen LogP contribution in [0.4, 0.5) is 0 Å². The monoisotopic (exact) mass is 294 g/mol. The molecule has 20 heavy (non-hydrogen) atoms. The number of carbonyl (C=O) groups is 1. The summed E-state index contributed by atoms with van der Waals surface area (Å²) in [4.78, 5) is 14.3. The molecule has 1 heterocycles. The number of nitrogens with one attached hydrogen (secondary N) is 1. The fourth-order valence-electron chi connectivity index (χ4n) is 2.68. The van der Waals surface area contributed by atoms with Crippen LogP contribution in [0.2, 0.25) is 5.02 Å². The molecule has 0 aliphatic carbocycles. The van der Waals surface area contributed by atoms with Gasteiger partial charge in [0, 0.05) is 18.1 Å². The van der Waals surface area contributed by atoms with Crippen LogP contribution in [0.5, 0.6) is 0 Å². The smallest absolute Gasteiger partial charge is 0.224 e. The first-order valence-corrected chi connectivity index (χ1v) is 7.73. The van der Waals surface area contributed by atoms with Crippen LogP contribution in [0.1, 0.15) is 24.8 Å². The van der Waals surface area contributed by atoms with Crippen molar-refractivity contribution in [3.63, 3.8) is 0 Å². The molecule has 0 saturated carbocycles. The Morgan fingerprint density at radius 2 is 2.15 bits per heavy atom. The van der Waals surface area contributed by atoms with E-state index in [2.05, 4.69) is 17.3 Å². The molecule has 1 aromatic carbocycles. The second-order valence-electron chi connectivity index (χ2n) is 5.62. The topological polar surface area (TPSA) is 32.3 Å². The third kappa shape index (κ3) is 4.80. The molecule has 1 aromatic rings. The lowest BCUT2D eigenvalue weighted by Gasteiger charge is -2.28. The molecule has 2 rings (SSSR count). The maximum Gasteiger partial charge on any atom is 0.224 e. The van der Waals surface area contributed by atoms with Gasteiger partial charge in [-0.1, -0.05) is 23.7 Å². The standard InChI is InChI=1S/C16H23ClN2O/c1-19-11-3-5-14(12-19)16(20)18-10-2-4-13-6-8-15(17)9-7-13/h6-9,14H,2-5,10-12H2,1H3,(H,18,20). The summed E-state index contributed by atoms with van der Waals surface area (Å²) in [6, 6.07) is 7.90. The lowest BCUT2D eigenvalue weighted by molar-refractivity contribution is -0.126. The van der Waals surface area contributed by atoms with Crippen molar-refractivity contribution in [2.24, 2.45) is 5.92 Å². The lowest BCUT2D eigenvalue weighted by Crippen LogP contribution is -2.41. The van der Waals surface area contributed by atoms with Gasteiger partial charge in [-0.15, -0.1) is 0 Å². The number of hydrogen-bond acceptors (Lipinski definition) is 2. The van der Waals surface area contributed by atoms with Gasteiger partial charge in [-0.3, -0.25) is 4.79 Å². The fourth-order valence-corrected chi connectivity index (χ4v) is 2.81. The molecule has 1 unspecified atom stereocenters. The molecular weight excluding hydrogens is 272 g/mol. The van der Waals surface area contributed by atoms with E-state index in [4.69, 9.17) is 11.6 Å². The van der Waals surface area contributed by atoms with Crippen LogP contribution in [0.25, 0.3) is 0 Å². The van der Waals surface area contributed by atoms with Crippen molar-refractivity contribution < 1.29 is 4.79 Å². The van der Waals surface area contributed by atoms with E-state index in [0.717, 1.165) is 50.3 Å². The molecule has 0 aromatic heterocycles. The van der Waals surface area contributed by atoms with Crippen molar-refractivity contribution in [3.8, 4) is 0 Å². The van der Waals surface area contributed by atoms with Gasteiger partial charge in [0.1, 0.15) is 0 Å². The van der Waals surface area contributed by atoms with E-state index in [1.165, 1.54) is 5.56 Å². The highest BCUT2D eigenvalue weighted by Gasteiger charge is 2.23. The van der Waals surface area contributed by atoms with Gasteiger partial charge in [0.25, 0.3) is 0 Å². The molecule has 1 aliphatic heterocycles. The second-order valence-corrected chi connectivity index (χ2v) is 6.06. The van der Waals surface area contributed by atoms with E-state index in [1.807, 2.05) is 24.3 Å². The molecule has 0 bridgehead atoms. The molecular formula is C16H23ClN2O. The lowest BCUT2D eigenvalue weighted by atomic mass is 9.97. The Morgan fingerprint density at radius 1 is 1.40 bits per heavy atom. The van der Waals surface area contributed by atoms with Crippen molar-refractivity contribution in [2.75, 3.05) is 26.7 Å². The van der Waals surface area contributed by atoms with Crippen LogP contribution in [-0.2, 0) is 11.2 Å². The van der Waals surface area contributed by atoms with Gasteiger partial charge >= 0.3 is 0 Å². The Hall–Kier alpha value is -1.06. The van der Waals surface area contributed by atoms with Crippen molar-refractivity contribution in [1.82, 2.24) is 10.2 Å². The summed E-state index contributed by atoms with van der Waals surface area (Å²) < 4.78 is 0. The van der Waals surface area contributed by atoms with Gasteiger partial charge < -0.3 is 10.2 Å². The quantitative estimate of drug-likeness (QED) is 0.847. The first kappa shape index (κ1) is 15.3. The summed E-state index contributed by atoms with van der Waals surface area (Å²) >= 11 is 5.85. The highest BCUT2D eigenvalue weighted by atomic mass is 35.5. The Kier molecular flexibility index (Phi) is 5.86. The summed E-state index contributed by atoms with van der Waals surface area (Å²) in [6.07, 6.45) is 4.09. The van der Waals surface area contributed by atoms with Crippen molar-refractivity contribution >= 4 is 17.5 Å². The summed E-state index contributed by atoms with van der Waals surface area (Å²) in [5, 5.41) is 3.83. The summed E-state index contributed by atoms with van der Waals surface area (Å²) in [6.45, 7) is 2.75. The molecule has 1 atom stereocenters. The number of rotatable bonds is 5. The predicted octanol–water partition coefficient (Wildman–Crippen LogP) is 2.73. The van der Waals surface area contributed by atoms with Crippen LogP contribution >= 0.6 is 11.6 Å². The van der Waals surface area contributed by atoms with Crippen LogP contribution < -0.4 is 5.32 Å². The summed E-state index contributed by atoms with van der Waals surface area (Å²) in [7, 11) is 2.08. The van der Waals surface area contributed by atoms with Crippen LogP contribution in [0.3, 0.4) is 0 Å². The summed E-state index contributed by atoms with van der Waals surface area (Å²) in [5.74, 6) is 0.386. The van der Waals surface area contributed by atoms with Crippen molar-refractivity contribution in [2.45, 2.75) is 25.7 Å². The average Bonchev–Trinajstić information content (AvgIpc) is 2.45. The molecule has 4 heteroatoms. The van der Waals surface area contributed by atoms with Gasteiger partial charge in [0.2, 0.25) is 5.91 Å². The first-order valence-electron chi connectivity index (χ1n) is 7.36. The molecule has 1 N–H and O–H groups in total. The normalized spacial score (nSPS) is 19.8. The Bertz CT molecular complexity index is 433. The van der Waals surface area contributed by atoms with Gasteiger partial charge in [0.15, 0.2) is 0 Å². The molecule has 1 amide bonds. The number of hydrogen-bond donors (Lipinski definition) is 1. The van der Waals surface area contributed by atoms with Crippen LogP contribution in [0.15, 0.2) is 24.3 Å². The number of carbonyl (C=O) groups excluding carboxylic acids is 1. The van der Waals surface area contributed by atoms with Gasteiger partial charge in [0.05, 0.1) is 5.92 Å². The SMILES string of the molecule is CN1CCCC(C(=O)NCCCc2ccc(Cl)cc2)C1. The minimum Gasteiger partial charge on any atom is -0.356 e. The molecule has 1 saturated heterocycles. The Labute approximate surface area is 126 Å². The molecule has 0 radical (unpaired) electrons. The summed E-state index contributed by atoms with van der Waals surface area (Å²) in [5.41, 5.74) is 1.26. The fraction of sp³-hybridized carbons (Fsp3) is 0.562. The minimum absolute atomic E-state index is 0.171. The highest BCUT2D eigenvalue weighted by Crippen LogP contribution is 2.15. The third-order valence-corrected chi connectivity index (χ3v) is 4.10. The van der Waals surface area contributed by atoms with Crippen molar-refractivity contribution in [3.05, 3.63) is 34.9 Å². The van der Waals surface area contributed by atoms with E-state index in [1.54, 1.807) is 0 Å². The Balaban J connectivity index is 1.65. The third-order valence-electron chi connectivity index (χ3n) is 3.85. The number of piperidine rings is 1. The molecule has 110 valence electrons. The van der Waals surface area contributed by atoms with E-state index in [0.29, 0.717) is 0 Å².